The Morgan fingerprint density at radius 2 is 1.96 bits per heavy atom. The summed E-state index contributed by atoms with van der Waals surface area (Å²) in [6.07, 6.45) is 0. The lowest BCUT2D eigenvalue weighted by Gasteiger charge is -2.43. The molecule has 1 heterocycles. The maximum Gasteiger partial charge on any atom is 0.176 e. The highest BCUT2D eigenvalue weighted by molar-refractivity contribution is 6.32. The van der Waals surface area contributed by atoms with Crippen molar-refractivity contribution in [2.45, 2.75) is 19.9 Å². The van der Waals surface area contributed by atoms with Crippen LogP contribution in [-0.2, 0) is 0 Å². The summed E-state index contributed by atoms with van der Waals surface area (Å²) in [4.78, 5) is 2.34. The first-order valence-corrected chi connectivity index (χ1v) is 7.90. The van der Waals surface area contributed by atoms with Gasteiger partial charge in [-0.25, -0.2) is 0 Å². The van der Waals surface area contributed by atoms with Crippen molar-refractivity contribution in [1.29, 1.82) is 0 Å². The second-order valence-corrected chi connectivity index (χ2v) is 6.80. The number of aromatic hydroxyl groups is 1. The average Bonchev–Trinajstić information content (AvgIpc) is 2.51. The lowest BCUT2D eigenvalue weighted by molar-refractivity contribution is 0.0304. The zero-order valence-electron chi connectivity index (χ0n) is 13.8. The van der Waals surface area contributed by atoms with Gasteiger partial charge in [0.1, 0.15) is 0 Å². The van der Waals surface area contributed by atoms with Gasteiger partial charge < -0.3 is 20.3 Å². The van der Waals surface area contributed by atoms with Crippen molar-refractivity contribution >= 4 is 24.0 Å². The van der Waals surface area contributed by atoms with Crippen molar-refractivity contribution in [2.24, 2.45) is 5.41 Å². The predicted molar refractivity (Wildman–Crippen MR) is 95.0 cm³/mol. The number of phenols is 1. The van der Waals surface area contributed by atoms with Crippen LogP contribution in [0.15, 0.2) is 12.1 Å². The Labute approximate surface area is 149 Å². The summed E-state index contributed by atoms with van der Waals surface area (Å²) in [5, 5.41) is 23.4. The molecule has 1 aromatic rings. The van der Waals surface area contributed by atoms with Crippen LogP contribution >= 0.6 is 24.0 Å². The molecule has 1 aliphatic heterocycles. The van der Waals surface area contributed by atoms with Crippen LogP contribution in [0.25, 0.3) is 0 Å². The number of ether oxygens (including phenoxy) is 1. The fraction of sp³-hybridized carbons (Fsp3) is 0.625. The van der Waals surface area contributed by atoms with E-state index >= 15 is 0 Å². The van der Waals surface area contributed by atoms with Crippen molar-refractivity contribution in [1.82, 2.24) is 10.2 Å². The van der Waals surface area contributed by atoms with Crippen molar-refractivity contribution in [3.63, 3.8) is 0 Å². The minimum Gasteiger partial charge on any atom is -0.503 e. The Hall–Kier alpha value is -0.720. The smallest absolute Gasteiger partial charge is 0.176 e. The molecule has 0 spiro atoms. The first kappa shape index (κ1) is 20.3. The van der Waals surface area contributed by atoms with Gasteiger partial charge in [0.15, 0.2) is 11.5 Å². The van der Waals surface area contributed by atoms with Gasteiger partial charge in [-0.2, -0.15) is 0 Å². The first-order chi connectivity index (χ1) is 10.4. The summed E-state index contributed by atoms with van der Waals surface area (Å²) in [6, 6.07) is 3.57. The van der Waals surface area contributed by atoms with Crippen molar-refractivity contribution < 1.29 is 14.9 Å². The van der Waals surface area contributed by atoms with Crippen LogP contribution in [0.2, 0.25) is 5.02 Å². The highest BCUT2D eigenvalue weighted by atomic mass is 35.5. The summed E-state index contributed by atoms with van der Waals surface area (Å²) >= 11 is 6.15. The predicted octanol–water partition coefficient (Wildman–Crippen LogP) is 2.44. The maximum absolute atomic E-state index is 9.94. The molecular weight excluding hydrogens is 339 g/mol. The zero-order valence-corrected chi connectivity index (χ0v) is 15.4. The Balaban J connectivity index is 0.00000264. The van der Waals surface area contributed by atoms with Gasteiger partial charge in [0.05, 0.1) is 12.1 Å². The SMILES string of the molecule is COc1cc([C@H](N2CCNCC2)C(C)(C)CO)cc(Cl)c1O.Cl. The van der Waals surface area contributed by atoms with Gasteiger partial charge in [-0.3, -0.25) is 4.90 Å². The molecule has 0 unspecified atom stereocenters. The molecule has 1 saturated heterocycles. The normalized spacial score (nSPS) is 17.4. The van der Waals surface area contributed by atoms with E-state index in [-0.39, 0.29) is 41.2 Å². The quantitative estimate of drug-likeness (QED) is 0.748. The number of nitrogens with zero attached hydrogens (tertiary/aromatic N) is 1. The fourth-order valence-electron chi connectivity index (χ4n) is 3.09. The maximum atomic E-state index is 9.94. The van der Waals surface area contributed by atoms with Gasteiger partial charge in [-0.15, -0.1) is 12.4 Å². The molecule has 1 fully saturated rings. The van der Waals surface area contributed by atoms with Gasteiger partial charge in [-0.1, -0.05) is 25.4 Å². The summed E-state index contributed by atoms with van der Waals surface area (Å²) in [5.41, 5.74) is 0.600. The Morgan fingerprint density at radius 3 is 2.48 bits per heavy atom. The molecule has 7 heteroatoms. The highest BCUT2D eigenvalue weighted by Crippen LogP contribution is 2.43. The molecule has 1 aliphatic rings. The number of rotatable bonds is 5. The number of hydrogen-bond acceptors (Lipinski definition) is 5. The fourth-order valence-corrected chi connectivity index (χ4v) is 3.31. The Kier molecular flexibility index (Phi) is 7.42. The molecule has 0 saturated carbocycles. The number of benzene rings is 1. The summed E-state index contributed by atoms with van der Waals surface area (Å²) < 4.78 is 5.22. The van der Waals surface area contributed by atoms with Gasteiger partial charge in [0.25, 0.3) is 0 Å². The van der Waals surface area contributed by atoms with Crippen LogP contribution in [0, 0.1) is 5.41 Å². The average molecular weight is 365 g/mol. The van der Waals surface area contributed by atoms with Gasteiger partial charge >= 0.3 is 0 Å². The second-order valence-electron chi connectivity index (χ2n) is 6.39. The molecule has 132 valence electrons. The molecule has 0 radical (unpaired) electrons. The molecule has 0 aliphatic carbocycles. The third-order valence-electron chi connectivity index (χ3n) is 4.25. The van der Waals surface area contributed by atoms with Crippen molar-refractivity contribution in [2.75, 3.05) is 39.9 Å². The van der Waals surface area contributed by atoms with E-state index in [0.29, 0.717) is 5.75 Å². The monoisotopic (exact) mass is 364 g/mol. The third-order valence-corrected chi connectivity index (χ3v) is 4.54. The van der Waals surface area contributed by atoms with Crippen LogP contribution < -0.4 is 10.1 Å². The van der Waals surface area contributed by atoms with E-state index in [0.717, 1.165) is 31.7 Å². The van der Waals surface area contributed by atoms with Crippen molar-refractivity contribution in [3.8, 4) is 11.5 Å². The van der Waals surface area contributed by atoms with Crippen molar-refractivity contribution in [3.05, 3.63) is 22.7 Å². The van der Waals surface area contributed by atoms with Gasteiger partial charge in [0.2, 0.25) is 0 Å². The Bertz CT molecular complexity index is 520. The van der Waals surface area contributed by atoms with Crippen LogP contribution in [0.4, 0.5) is 0 Å². The van der Waals surface area contributed by atoms with Crippen LogP contribution in [0.1, 0.15) is 25.5 Å². The van der Waals surface area contributed by atoms with E-state index in [4.69, 9.17) is 16.3 Å². The number of halogens is 2. The van der Waals surface area contributed by atoms with E-state index in [1.807, 2.05) is 19.9 Å². The van der Waals surface area contributed by atoms with Gasteiger partial charge in [-0.05, 0) is 17.7 Å². The number of methoxy groups -OCH3 is 1. The lowest BCUT2D eigenvalue weighted by atomic mass is 9.79. The number of aliphatic hydroxyl groups excluding tert-OH is 1. The molecule has 3 N–H and O–H groups in total. The molecular formula is C16H26Cl2N2O3. The lowest BCUT2D eigenvalue weighted by Crippen LogP contribution is -2.49. The molecule has 2 rings (SSSR count). The molecule has 0 bridgehead atoms. The van der Waals surface area contributed by atoms with E-state index in [1.54, 1.807) is 6.07 Å². The van der Waals surface area contributed by atoms with E-state index in [1.165, 1.54) is 7.11 Å². The second kappa shape index (κ2) is 8.40. The van der Waals surface area contributed by atoms with E-state index in [2.05, 4.69) is 10.2 Å². The molecule has 0 aromatic heterocycles. The molecule has 5 nitrogen and oxygen atoms in total. The standard InChI is InChI=1S/C16H25ClN2O3.ClH/c1-16(2,10-20)15(19-6-4-18-5-7-19)11-8-12(17)14(21)13(9-11)22-3;/h8-9,15,18,20-21H,4-7,10H2,1-3H3;1H/t15-;/m0./s1. The first-order valence-electron chi connectivity index (χ1n) is 7.52. The van der Waals surface area contributed by atoms with Crippen LogP contribution in [-0.4, -0.2) is 55.0 Å². The van der Waals surface area contributed by atoms with Crippen LogP contribution in [0.3, 0.4) is 0 Å². The number of phenolic OH excluding ortho intramolecular Hbond substituents is 1. The third kappa shape index (κ3) is 4.43. The molecule has 1 atom stereocenters. The van der Waals surface area contributed by atoms with E-state index in [9.17, 15) is 10.2 Å². The van der Waals surface area contributed by atoms with Crippen LogP contribution in [0.5, 0.6) is 11.5 Å². The van der Waals surface area contributed by atoms with E-state index < -0.39 is 0 Å². The number of nitrogens with one attached hydrogen (secondary N) is 1. The highest BCUT2D eigenvalue weighted by Gasteiger charge is 2.36. The topological polar surface area (TPSA) is 65.0 Å². The number of aliphatic hydroxyl groups is 1. The molecule has 23 heavy (non-hydrogen) atoms. The number of piperazine rings is 1. The summed E-state index contributed by atoms with van der Waals surface area (Å²) in [7, 11) is 1.51. The zero-order chi connectivity index (χ0) is 16.3. The minimum absolute atomic E-state index is 0. The van der Waals surface area contributed by atoms with Gasteiger partial charge in [0, 0.05) is 44.2 Å². The summed E-state index contributed by atoms with van der Waals surface area (Å²) in [5.74, 6) is 0.310. The number of hydrogen-bond donors (Lipinski definition) is 3. The Morgan fingerprint density at radius 1 is 1.35 bits per heavy atom. The minimum atomic E-state index is -0.345. The summed E-state index contributed by atoms with van der Waals surface area (Å²) in [6.45, 7) is 7.76. The molecule has 0 amide bonds. The molecule has 1 aromatic carbocycles. The largest absolute Gasteiger partial charge is 0.503 e.